The van der Waals surface area contributed by atoms with E-state index in [1.54, 1.807) is 0 Å². The van der Waals surface area contributed by atoms with Crippen LogP contribution in [0.25, 0.3) is 0 Å². The van der Waals surface area contributed by atoms with Crippen LogP contribution in [0.1, 0.15) is 27.2 Å². The fourth-order valence-electron chi connectivity index (χ4n) is 0.854. The van der Waals surface area contributed by atoms with E-state index in [4.69, 9.17) is 5.11 Å². The molecule has 10 heavy (non-hydrogen) atoms. The minimum atomic E-state index is 0.241. The lowest BCUT2D eigenvalue weighted by Gasteiger charge is -2.23. The second-order valence-corrected chi connectivity index (χ2v) is 3.42. The van der Waals surface area contributed by atoms with Gasteiger partial charge in [0.1, 0.15) is 0 Å². The predicted molar refractivity (Wildman–Crippen MR) is 44.0 cm³/mol. The van der Waals surface area contributed by atoms with Crippen molar-refractivity contribution in [3.63, 3.8) is 0 Å². The first-order valence-corrected chi connectivity index (χ1v) is 3.94. The molecule has 0 saturated heterocycles. The number of aliphatic hydroxyl groups is 1. The standard InChI is InChI=1S/C8H19NO/c1-4-9-7-8(2,3)5-6-10/h9-10H,4-7H2,1-3H3. The molecular formula is C8H19NO. The Bertz CT molecular complexity index is 81.3. The van der Waals surface area contributed by atoms with E-state index in [2.05, 4.69) is 26.1 Å². The van der Waals surface area contributed by atoms with Crippen molar-refractivity contribution >= 4 is 0 Å². The van der Waals surface area contributed by atoms with Gasteiger partial charge in [-0.25, -0.2) is 0 Å². The monoisotopic (exact) mass is 145 g/mol. The van der Waals surface area contributed by atoms with E-state index >= 15 is 0 Å². The number of rotatable bonds is 5. The van der Waals surface area contributed by atoms with E-state index < -0.39 is 0 Å². The van der Waals surface area contributed by atoms with Crippen molar-refractivity contribution < 1.29 is 5.11 Å². The number of hydrogen-bond acceptors (Lipinski definition) is 2. The SMILES string of the molecule is CCNCC(C)(C)CCO. The first-order chi connectivity index (χ1) is 4.62. The summed E-state index contributed by atoms with van der Waals surface area (Å²) in [6.45, 7) is 8.70. The summed E-state index contributed by atoms with van der Waals surface area (Å²) in [6, 6.07) is 0. The third-order valence-corrected chi connectivity index (χ3v) is 1.64. The van der Waals surface area contributed by atoms with E-state index in [1.807, 2.05) is 0 Å². The van der Waals surface area contributed by atoms with Gasteiger partial charge in [0.25, 0.3) is 0 Å². The van der Waals surface area contributed by atoms with Gasteiger partial charge in [0, 0.05) is 13.2 Å². The molecule has 0 aromatic heterocycles. The molecule has 0 saturated carbocycles. The second-order valence-electron chi connectivity index (χ2n) is 3.42. The Morgan fingerprint density at radius 2 is 2.00 bits per heavy atom. The van der Waals surface area contributed by atoms with Crippen molar-refractivity contribution in [1.82, 2.24) is 5.32 Å². The minimum absolute atomic E-state index is 0.241. The molecule has 2 nitrogen and oxygen atoms in total. The molecule has 0 spiro atoms. The van der Waals surface area contributed by atoms with Gasteiger partial charge in [0.15, 0.2) is 0 Å². The number of hydrogen-bond donors (Lipinski definition) is 2. The van der Waals surface area contributed by atoms with Crippen LogP contribution in [0.5, 0.6) is 0 Å². The highest BCUT2D eigenvalue weighted by Crippen LogP contribution is 2.17. The summed E-state index contributed by atoms with van der Waals surface area (Å²) in [5, 5.41) is 11.9. The summed E-state index contributed by atoms with van der Waals surface area (Å²) in [5.41, 5.74) is 0.241. The molecule has 0 aliphatic carbocycles. The molecule has 0 fully saturated rings. The van der Waals surface area contributed by atoms with Gasteiger partial charge in [-0.2, -0.15) is 0 Å². The maximum absolute atomic E-state index is 8.67. The average Bonchev–Trinajstić information content (AvgIpc) is 1.84. The highest BCUT2D eigenvalue weighted by molar-refractivity contribution is 4.70. The van der Waals surface area contributed by atoms with Crippen molar-refractivity contribution in [2.24, 2.45) is 5.41 Å². The smallest absolute Gasteiger partial charge is 0.0436 e. The zero-order chi connectivity index (χ0) is 8.04. The molecule has 0 aromatic carbocycles. The van der Waals surface area contributed by atoms with Gasteiger partial charge in [0.05, 0.1) is 0 Å². The van der Waals surface area contributed by atoms with Crippen LogP contribution in [0.2, 0.25) is 0 Å². The average molecular weight is 145 g/mol. The second kappa shape index (κ2) is 4.69. The molecule has 0 rings (SSSR count). The molecule has 0 amide bonds. The van der Waals surface area contributed by atoms with E-state index in [1.165, 1.54) is 0 Å². The van der Waals surface area contributed by atoms with Gasteiger partial charge in [0.2, 0.25) is 0 Å². The first-order valence-electron chi connectivity index (χ1n) is 3.94. The summed E-state index contributed by atoms with van der Waals surface area (Å²) in [6.07, 6.45) is 0.875. The first kappa shape index (κ1) is 9.92. The van der Waals surface area contributed by atoms with Gasteiger partial charge < -0.3 is 10.4 Å². The topological polar surface area (TPSA) is 32.3 Å². The Labute approximate surface area is 63.6 Å². The highest BCUT2D eigenvalue weighted by Gasteiger charge is 2.15. The molecule has 0 aromatic rings. The highest BCUT2D eigenvalue weighted by atomic mass is 16.3. The molecule has 2 heteroatoms. The van der Waals surface area contributed by atoms with Crippen LogP contribution in [0, 0.1) is 5.41 Å². The largest absolute Gasteiger partial charge is 0.396 e. The molecule has 0 aliphatic rings. The predicted octanol–water partition coefficient (Wildman–Crippen LogP) is 1.00. The summed E-state index contributed by atoms with van der Waals surface area (Å²) in [5.74, 6) is 0. The van der Waals surface area contributed by atoms with E-state index in [9.17, 15) is 0 Å². The van der Waals surface area contributed by atoms with E-state index in [0.29, 0.717) is 6.61 Å². The molecular weight excluding hydrogens is 126 g/mol. The molecule has 0 bridgehead atoms. The van der Waals surface area contributed by atoms with Gasteiger partial charge in [-0.05, 0) is 18.4 Å². The van der Waals surface area contributed by atoms with Gasteiger partial charge in [-0.3, -0.25) is 0 Å². The summed E-state index contributed by atoms with van der Waals surface area (Å²) in [7, 11) is 0. The Kier molecular flexibility index (Phi) is 4.65. The lowest BCUT2D eigenvalue weighted by Crippen LogP contribution is -2.29. The maximum atomic E-state index is 8.67. The summed E-state index contributed by atoms with van der Waals surface area (Å²) < 4.78 is 0. The third-order valence-electron chi connectivity index (χ3n) is 1.64. The minimum Gasteiger partial charge on any atom is -0.396 e. The fraction of sp³-hybridized carbons (Fsp3) is 1.00. The third kappa shape index (κ3) is 4.77. The zero-order valence-electron chi connectivity index (χ0n) is 7.28. The Morgan fingerprint density at radius 3 is 2.40 bits per heavy atom. The summed E-state index contributed by atoms with van der Waals surface area (Å²) >= 11 is 0. The van der Waals surface area contributed by atoms with Crippen molar-refractivity contribution in [3.05, 3.63) is 0 Å². The van der Waals surface area contributed by atoms with Gasteiger partial charge in [-0.15, -0.1) is 0 Å². The Hall–Kier alpha value is -0.0800. The lowest BCUT2D eigenvalue weighted by atomic mass is 9.90. The van der Waals surface area contributed by atoms with E-state index in [-0.39, 0.29) is 5.41 Å². The van der Waals surface area contributed by atoms with Gasteiger partial charge in [-0.1, -0.05) is 20.8 Å². The van der Waals surface area contributed by atoms with E-state index in [0.717, 1.165) is 19.5 Å². The lowest BCUT2D eigenvalue weighted by molar-refractivity contribution is 0.208. The van der Waals surface area contributed by atoms with Crippen LogP contribution in [0.4, 0.5) is 0 Å². The van der Waals surface area contributed by atoms with Crippen LogP contribution in [-0.2, 0) is 0 Å². The Morgan fingerprint density at radius 1 is 1.40 bits per heavy atom. The molecule has 0 heterocycles. The maximum Gasteiger partial charge on any atom is 0.0436 e. The van der Waals surface area contributed by atoms with Crippen molar-refractivity contribution in [2.75, 3.05) is 19.7 Å². The van der Waals surface area contributed by atoms with Crippen LogP contribution in [0.15, 0.2) is 0 Å². The van der Waals surface area contributed by atoms with Crippen LogP contribution in [0.3, 0.4) is 0 Å². The van der Waals surface area contributed by atoms with Crippen molar-refractivity contribution in [3.8, 4) is 0 Å². The number of aliphatic hydroxyl groups excluding tert-OH is 1. The molecule has 0 atom stereocenters. The normalized spacial score (nSPS) is 12.0. The van der Waals surface area contributed by atoms with Crippen LogP contribution < -0.4 is 5.32 Å². The van der Waals surface area contributed by atoms with Crippen LogP contribution in [-0.4, -0.2) is 24.8 Å². The van der Waals surface area contributed by atoms with Gasteiger partial charge >= 0.3 is 0 Å². The van der Waals surface area contributed by atoms with Crippen molar-refractivity contribution in [2.45, 2.75) is 27.2 Å². The molecule has 62 valence electrons. The molecule has 0 aliphatic heterocycles. The fourth-order valence-corrected chi connectivity index (χ4v) is 0.854. The van der Waals surface area contributed by atoms with Crippen molar-refractivity contribution in [1.29, 1.82) is 0 Å². The molecule has 0 unspecified atom stereocenters. The quantitative estimate of drug-likeness (QED) is 0.605. The number of nitrogens with one attached hydrogen (secondary N) is 1. The molecule has 0 radical (unpaired) electrons. The Balaban J connectivity index is 3.42. The zero-order valence-corrected chi connectivity index (χ0v) is 7.28. The van der Waals surface area contributed by atoms with Crippen LogP contribution >= 0.6 is 0 Å². The molecule has 2 N–H and O–H groups in total. The summed E-state index contributed by atoms with van der Waals surface area (Å²) in [4.78, 5) is 0.